The number of thiophene rings is 1. The zero-order valence-electron chi connectivity index (χ0n) is 17.1. The third kappa shape index (κ3) is 7.31. The highest BCUT2D eigenvalue weighted by Gasteiger charge is 2.32. The van der Waals surface area contributed by atoms with E-state index in [2.05, 4.69) is 5.32 Å². The first kappa shape index (κ1) is 24.9. The van der Waals surface area contributed by atoms with Gasteiger partial charge >= 0.3 is 6.18 Å². The fourth-order valence-corrected chi connectivity index (χ4v) is 4.22. The summed E-state index contributed by atoms with van der Waals surface area (Å²) in [5, 5.41) is 4.16. The number of hydrogen-bond donors (Lipinski definition) is 1. The topological polar surface area (TPSA) is 46.2 Å². The standard InChI is InChI=1S/C11H15NOS.C9H7F3O.C2H6/c1-12-11-9(7-13)8-5-3-2-4-6-10(8)14-11;10-9(11,12)8-3-1-2-7(6-13)4-5-8;1-2/h7,12H,2-6H2,1H3;1-2,4-6H,3H2;1-2H3. The Labute approximate surface area is 174 Å². The second-order valence-corrected chi connectivity index (χ2v) is 7.36. The first-order chi connectivity index (χ1) is 13.9. The third-order valence-corrected chi connectivity index (χ3v) is 5.76. The Kier molecular flexibility index (Phi) is 10.7. The minimum atomic E-state index is -4.31. The number of aryl methyl sites for hydroxylation is 1. The van der Waals surface area contributed by atoms with Crippen LogP contribution in [0.25, 0.3) is 0 Å². The molecule has 3 rings (SSSR count). The Morgan fingerprint density at radius 1 is 1.03 bits per heavy atom. The molecule has 0 saturated carbocycles. The first-order valence-corrected chi connectivity index (χ1v) is 10.6. The van der Waals surface area contributed by atoms with Gasteiger partial charge in [0.05, 0.1) is 10.6 Å². The molecule has 0 amide bonds. The number of aldehydes is 2. The van der Waals surface area contributed by atoms with Crippen LogP contribution < -0.4 is 5.32 Å². The predicted molar refractivity (Wildman–Crippen MR) is 114 cm³/mol. The second-order valence-electron chi connectivity index (χ2n) is 6.26. The molecule has 1 N–H and O–H groups in total. The summed E-state index contributed by atoms with van der Waals surface area (Å²) in [4.78, 5) is 22.7. The molecule has 0 unspecified atom stereocenters. The minimum absolute atomic E-state index is 0.183. The van der Waals surface area contributed by atoms with Crippen LogP contribution in [0.3, 0.4) is 0 Å². The van der Waals surface area contributed by atoms with Gasteiger partial charge in [-0.3, -0.25) is 9.59 Å². The summed E-state index contributed by atoms with van der Waals surface area (Å²) in [5.41, 5.74) is 1.83. The molecule has 0 aliphatic heterocycles. The van der Waals surface area contributed by atoms with E-state index >= 15 is 0 Å². The highest BCUT2D eigenvalue weighted by Crippen LogP contribution is 2.36. The van der Waals surface area contributed by atoms with E-state index in [4.69, 9.17) is 0 Å². The van der Waals surface area contributed by atoms with Gasteiger partial charge in [-0.25, -0.2) is 0 Å². The number of rotatable bonds is 3. The number of hydrogen-bond acceptors (Lipinski definition) is 4. The summed E-state index contributed by atoms with van der Waals surface area (Å²) >= 11 is 1.76. The molecular weight excluding hydrogens is 399 g/mol. The van der Waals surface area contributed by atoms with Crippen molar-refractivity contribution in [1.29, 1.82) is 0 Å². The number of allylic oxidation sites excluding steroid dienone is 6. The van der Waals surface area contributed by atoms with E-state index < -0.39 is 11.7 Å². The van der Waals surface area contributed by atoms with Crippen LogP contribution in [0.4, 0.5) is 18.2 Å². The van der Waals surface area contributed by atoms with Crippen LogP contribution in [0.15, 0.2) is 35.5 Å². The summed E-state index contributed by atoms with van der Waals surface area (Å²) in [7, 11) is 1.89. The molecule has 0 bridgehead atoms. The number of nitrogens with one attached hydrogen (secondary N) is 1. The van der Waals surface area contributed by atoms with Gasteiger partial charge in [0.2, 0.25) is 0 Å². The van der Waals surface area contributed by atoms with Gasteiger partial charge in [-0.2, -0.15) is 13.2 Å². The van der Waals surface area contributed by atoms with E-state index in [0.29, 0.717) is 6.29 Å². The maximum absolute atomic E-state index is 12.1. The lowest BCUT2D eigenvalue weighted by atomic mass is 10.1. The molecule has 0 spiro atoms. The number of fused-ring (bicyclic) bond motifs is 1. The van der Waals surface area contributed by atoms with Crippen LogP contribution in [0.5, 0.6) is 0 Å². The molecule has 1 heterocycles. The van der Waals surface area contributed by atoms with Crippen molar-refractivity contribution in [3.05, 3.63) is 51.5 Å². The number of anilines is 1. The molecule has 1 aromatic rings. The van der Waals surface area contributed by atoms with Crippen LogP contribution in [0.1, 0.15) is 60.3 Å². The average Bonchev–Trinajstić information content (AvgIpc) is 2.91. The Morgan fingerprint density at radius 3 is 2.31 bits per heavy atom. The van der Waals surface area contributed by atoms with Gasteiger partial charge in [0.15, 0.2) is 6.29 Å². The zero-order valence-corrected chi connectivity index (χ0v) is 17.9. The highest BCUT2D eigenvalue weighted by molar-refractivity contribution is 7.16. The number of carbonyl (C=O) groups is 2. The van der Waals surface area contributed by atoms with Crippen LogP contribution in [-0.4, -0.2) is 25.8 Å². The molecule has 0 atom stereocenters. The molecule has 2 aliphatic carbocycles. The predicted octanol–water partition coefficient (Wildman–Crippen LogP) is 6.46. The molecule has 2 aliphatic rings. The monoisotopic (exact) mass is 427 g/mol. The number of carbonyl (C=O) groups excluding carboxylic acids is 2. The molecule has 0 radical (unpaired) electrons. The molecule has 3 nitrogen and oxygen atoms in total. The summed E-state index contributed by atoms with van der Waals surface area (Å²) < 4.78 is 36.4. The summed E-state index contributed by atoms with van der Waals surface area (Å²) in [6, 6.07) is 0. The van der Waals surface area contributed by atoms with E-state index in [-0.39, 0.29) is 12.0 Å². The van der Waals surface area contributed by atoms with Crippen molar-refractivity contribution in [1.82, 2.24) is 0 Å². The van der Waals surface area contributed by atoms with E-state index in [9.17, 15) is 22.8 Å². The quantitative estimate of drug-likeness (QED) is 0.445. The SMILES string of the molecule is CC.CNc1sc2c(c1C=O)CCCCC2.O=CC1=CC=C(C(F)(F)F)CC=C1. The second kappa shape index (κ2) is 12.4. The van der Waals surface area contributed by atoms with Crippen molar-refractivity contribution in [2.75, 3.05) is 12.4 Å². The fourth-order valence-electron chi connectivity index (χ4n) is 3.01. The van der Waals surface area contributed by atoms with Crippen LogP contribution >= 0.6 is 11.3 Å². The lowest BCUT2D eigenvalue weighted by molar-refractivity contribution is -0.104. The summed E-state index contributed by atoms with van der Waals surface area (Å²) in [5.74, 6) is 0. The van der Waals surface area contributed by atoms with Gasteiger partial charge in [0.1, 0.15) is 6.29 Å². The van der Waals surface area contributed by atoms with Crippen LogP contribution in [0.2, 0.25) is 0 Å². The van der Waals surface area contributed by atoms with Crippen molar-refractivity contribution < 1.29 is 22.8 Å². The Morgan fingerprint density at radius 2 is 1.72 bits per heavy atom. The van der Waals surface area contributed by atoms with E-state index in [1.54, 1.807) is 11.3 Å². The average molecular weight is 428 g/mol. The van der Waals surface area contributed by atoms with E-state index in [1.807, 2.05) is 20.9 Å². The lowest BCUT2D eigenvalue weighted by Gasteiger charge is -2.07. The first-order valence-electron chi connectivity index (χ1n) is 9.78. The van der Waals surface area contributed by atoms with E-state index in [0.717, 1.165) is 35.8 Å². The maximum Gasteiger partial charge on any atom is 0.412 e. The lowest BCUT2D eigenvalue weighted by Crippen LogP contribution is -2.10. The van der Waals surface area contributed by atoms with Crippen molar-refractivity contribution in [2.45, 2.75) is 58.5 Å². The smallest absolute Gasteiger partial charge is 0.379 e. The molecule has 7 heteroatoms. The zero-order chi connectivity index (χ0) is 21.9. The van der Waals surface area contributed by atoms with Gasteiger partial charge in [-0.1, -0.05) is 44.6 Å². The molecule has 29 heavy (non-hydrogen) atoms. The maximum atomic E-state index is 12.1. The van der Waals surface area contributed by atoms with Gasteiger partial charge < -0.3 is 5.32 Å². The highest BCUT2D eigenvalue weighted by atomic mass is 32.1. The minimum Gasteiger partial charge on any atom is -0.379 e. The van der Waals surface area contributed by atoms with Crippen molar-refractivity contribution in [3.8, 4) is 0 Å². The number of alkyl halides is 3. The van der Waals surface area contributed by atoms with Crippen molar-refractivity contribution in [3.63, 3.8) is 0 Å². The van der Waals surface area contributed by atoms with Gasteiger partial charge in [0.25, 0.3) is 0 Å². The number of halogens is 3. The largest absolute Gasteiger partial charge is 0.412 e. The molecule has 160 valence electrons. The summed E-state index contributed by atoms with van der Waals surface area (Å²) in [6.45, 7) is 4.00. The van der Waals surface area contributed by atoms with Crippen LogP contribution in [-0.2, 0) is 17.6 Å². The molecule has 0 fully saturated rings. The summed E-state index contributed by atoms with van der Waals surface area (Å²) in [6.07, 6.45) is 7.88. The molecule has 1 aromatic heterocycles. The Hall–Kier alpha value is -2.15. The molecule has 0 aromatic carbocycles. The Balaban J connectivity index is 0.000000268. The van der Waals surface area contributed by atoms with E-state index in [1.165, 1.54) is 47.9 Å². The van der Waals surface area contributed by atoms with Crippen molar-refractivity contribution in [2.24, 2.45) is 0 Å². The van der Waals surface area contributed by atoms with Gasteiger partial charge in [0, 0.05) is 23.1 Å². The van der Waals surface area contributed by atoms with Crippen molar-refractivity contribution >= 4 is 28.9 Å². The Bertz CT molecular complexity index is 774. The third-order valence-electron chi connectivity index (χ3n) is 4.43. The van der Waals surface area contributed by atoms with Crippen LogP contribution in [0, 0.1) is 0 Å². The molecule has 0 saturated heterocycles. The fraction of sp³-hybridized carbons (Fsp3) is 0.455. The molecular formula is C22H28F3NO2S. The van der Waals surface area contributed by atoms with Gasteiger partial charge in [-0.05, 0) is 37.7 Å². The normalized spacial score (nSPS) is 15.7. The van der Waals surface area contributed by atoms with Gasteiger partial charge in [-0.15, -0.1) is 11.3 Å².